The van der Waals surface area contributed by atoms with Crippen LogP contribution in [0.5, 0.6) is 5.75 Å². The van der Waals surface area contributed by atoms with Crippen molar-refractivity contribution in [3.8, 4) is 11.4 Å². The summed E-state index contributed by atoms with van der Waals surface area (Å²) in [4.78, 5) is 21.5. The van der Waals surface area contributed by atoms with E-state index in [1.165, 1.54) is 28.8 Å². The second kappa shape index (κ2) is 8.54. The molecule has 3 aromatic rings. The Balaban J connectivity index is 1.99. The molecule has 0 saturated carbocycles. The average Bonchev–Trinajstić information content (AvgIpc) is 3.04. The maximum Gasteiger partial charge on any atom is 0.573 e. The van der Waals surface area contributed by atoms with E-state index in [0.717, 1.165) is 0 Å². The van der Waals surface area contributed by atoms with Crippen LogP contribution in [0.2, 0.25) is 0 Å². The summed E-state index contributed by atoms with van der Waals surface area (Å²) in [5, 5.41) is 13.2. The Morgan fingerprint density at radius 3 is 2.32 bits per heavy atom. The van der Waals surface area contributed by atoms with Crippen molar-refractivity contribution in [2.75, 3.05) is 5.32 Å². The third kappa shape index (κ3) is 5.32. The van der Waals surface area contributed by atoms with Gasteiger partial charge in [-0.05, 0) is 56.2 Å². The fourth-order valence-corrected chi connectivity index (χ4v) is 3.14. The van der Waals surface area contributed by atoms with Gasteiger partial charge in [-0.2, -0.15) is 0 Å². The van der Waals surface area contributed by atoms with Crippen LogP contribution in [0.3, 0.4) is 0 Å². The molecule has 7 nitrogen and oxygen atoms in total. The normalized spacial score (nSPS) is 12.2. The molecule has 2 N–H and O–H groups in total. The number of benzene rings is 1. The van der Waals surface area contributed by atoms with E-state index < -0.39 is 17.9 Å². The highest BCUT2D eigenvalue weighted by Crippen LogP contribution is 2.28. The van der Waals surface area contributed by atoms with E-state index in [1.54, 1.807) is 32.9 Å². The van der Waals surface area contributed by atoms with Crippen LogP contribution in [0.15, 0.2) is 36.4 Å². The monoisotopic (exact) mass is 436 g/mol. The van der Waals surface area contributed by atoms with Crippen molar-refractivity contribution < 1.29 is 27.8 Å². The molecule has 31 heavy (non-hydrogen) atoms. The van der Waals surface area contributed by atoms with Gasteiger partial charge in [-0.15, -0.1) is 13.2 Å². The SMILES string of the molecule is CCC(O)(CC)CC(=O)Nc1nc2ccc(C)nc2n1-c1ccc(OC(F)(F)F)cc1. The number of nitrogens with one attached hydrogen (secondary N) is 1. The number of aromatic nitrogens is 3. The predicted molar refractivity (Wildman–Crippen MR) is 109 cm³/mol. The quantitative estimate of drug-likeness (QED) is 0.569. The number of imidazole rings is 1. The fraction of sp³-hybridized carbons (Fsp3) is 0.381. The Morgan fingerprint density at radius 2 is 1.74 bits per heavy atom. The zero-order chi connectivity index (χ0) is 22.8. The molecule has 0 aliphatic heterocycles. The van der Waals surface area contributed by atoms with E-state index in [4.69, 9.17) is 0 Å². The molecule has 0 unspecified atom stereocenters. The van der Waals surface area contributed by atoms with Gasteiger partial charge in [-0.25, -0.2) is 9.97 Å². The topological polar surface area (TPSA) is 89.3 Å². The Morgan fingerprint density at radius 1 is 1.10 bits per heavy atom. The Labute approximate surface area is 176 Å². The van der Waals surface area contributed by atoms with Crippen molar-refractivity contribution in [2.45, 2.75) is 52.0 Å². The van der Waals surface area contributed by atoms with Gasteiger partial charge in [0, 0.05) is 5.69 Å². The lowest BCUT2D eigenvalue weighted by molar-refractivity contribution is -0.274. The zero-order valence-corrected chi connectivity index (χ0v) is 17.3. The number of hydrogen-bond acceptors (Lipinski definition) is 5. The number of nitrogens with zero attached hydrogens (tertiary/aromatic N) is 3. The van der Waals surface area contributed by atoms with Gasteiger partial charge in [0.25, 0.3) is 0 Å². The van der Waals surface area contributed by atoms with Gasteiger partial charge in [-0.1, -0.05) is 13.8 Å². The summed E-state index contributed by atoms with van der Waals surface area (Å²) in [6.45, 7) is 5.38. The number of amides is 1. The molecule has 2 aromatic heterocycles. The molecule has 0 spiro atoms. The van der Waals surface area contributed by atoms with Crippen LogP contribution in [-0.4, -0.2) is 37.5 Å². The summed E-state index contributed by atoms with van der Waals surface area (Å²) < 4.78 is 42.8. The van der Waals surface area contributed by atoms with E-state index in [1.807, 2.05) is 0 Å². The molecule has 10 heteroatoms. The van der Waals surface area contributed by atoms with Gasteiger partial charge < -0.3 is 9.84 Å². The second-order valence-corrected chi connectivity index (χ2v) is 7.26. The summed E-state index contributed by atoms with van der Waals surface area (Å²) in [5.41, 5.74) is 0.937. The molecular weight excluding hydrogens is 413 g/mol. The van der Waals surface area contributed by atoms with Crippen LogP contribution in [0.25, 0.3) is 16.9 Å². The maximum atomic E-state index is 12.6. The first kappa shape index (κ1) is 22.5. The molecule has 3 rings (SSSR count). The van der Waals surface area contributed by atoms with E-state index in [2.05, 4.69) is 20.0 Å². The van der Waals surface area contributed by atoms with Gasteiger partial charge in [0.05, 0.1) is 17.7 Å². The first-order chi connectivity index (χ1) is 14.5. The highest BCUT2D eigenvalue weighted by molar-refractivity contribution is 5.92. The molecule has 1 aromatic carbocycles. The minimum Gasteiger partial charge on any atom is -0.406 e. The first-order valence-corrected chi connectivity index (χ1v) is 9.78. The van der Waals surface area contributed by atoms with E-state index in [9.17, 15) is 23.1 Å². The lowest BCUT2D eigenvalue weighted by atomic mass is 9.93. The zero-order valence-electron chi connectivity index (χ0n) is 17.3. The lowest BCUT2D eigenvalue weighted by Crippen LogP contribution is -2.33. The highest BCUT2D eigenvalue weighted by Gasteiger charge is 2.31. The van der Waals surface area contributed by atoms with Crippen molar-refractivity contribution in [2.24, 2.45) is 0 Å². The minimum atomic E-state index is -4.80. The Kier molecular flexibility index (Phi) is 6.21. The molecular formula is C21H23F3N4O3. The van der Waals surface area contributed by atoms with Gasteiger partial charge in [0.15, 0.2) is 5.65 Å². The molecule has 1 amide bonds. The number of anilines is 1. The standard InChI is InChI=1S/C21H23F3N4O3/c1-4-20(30,5-2)12-17(29)27-19-26-16-11-6-13(3)25-18(16)28(19)14-7-9-15(10-8-14)31-21(22,23)24/h6-11,30H,4-5,12H2,1-3H3,(H,26,27,29). The number of carbonyl (C=O) groups is 1. The van der Waals surface area contributed by atoms with Gasteiger partial charge in [0.1, 0.15) is 11.3 Å². The van der Waals surface area contributed by atoms with Crippen LogP contribution < -0.4 is 10.1 Å². The number of fused-ring (bicyclic) bond motifs is 1. The molecule has 0 aliphatic rings. The van der Waals surface area contributed by atoms with Crippen molar-refractivity contribution in [3.05, 3.63) is 42.1 Å². The highest BCUT2D eigenvalue weighted by atomic mass is 19.4. The summed E-state index contributed by atoms with van der Waals surface area (Å²) in [7, 11) is 0. The van der Waals surface area contributed by atoms with Gasteiger partial charge >= 0.3 is 6.36 Å². The van der Waals surface area contributed by atoms with Crippen molar-refractivity contribution >= 4 is 23.0 Å². The van der Waals surface area contributed by atoms with E-state index >= 15 is 0 Å². The minimum absolute atomic E-state index is 0.117. The van der Waals surface area contributed by atoms with E-state index in [0.29, 0.717) is 35.4 Å². The molecule has 0 bridgehead atoms. The third-order valence-corrected chi connectivity index (χ3v) is 5.03. The predicted octanol–water partition coefficient (Wildman–Crippen LogP) is 4.51. The number of hydrogen-bond donors (Lipinski definition) is 2. The second-order valence-electron chi connectivity index (χ2n) is 7.26. The number of alkyl halides is 3. The number of aliphatic hydroxyl groups is 1. The van der Waals surface area contributed by atoms with Crippen LogP contribution in [0.4, 0.5) is 19.1 Å². The Hall–Kier alpha value is -3.14. The molecule has 0 aliphatic carbocycles. The van der Waals surface area contributed by atoms with Crippen LogP contribution in [-0.2, 0) is 4.79 Å². The number of carbonyl (C=O) groups excluding carboxylic acids is 1. The van der Waals surface area contributed by atoms with Crippen molar-refractivity contribution in [1.82, 2.24) is 14.5 Å². The number of aryl methyl sites for hydroxylation is 1. The number of halogens is 3. The van der Waals surface area contributed by atoms with E-state index in [-0.39, 0.29) is 18.1 Å². The Bertz CT molecular complexity index is 1070. The van der Waals surface area contributed by atoms with Crippen LogP contribution in [0.1, 0.15) is 38.8 Å². The van der Waals surface area contributed by atoms with Crippen LogP contribution >= 0.6 is 0 Å². The molecule has 0 fully saturated rings. The smallest absolute Gasteiger partial charge is 0.406 e. The molecule has 0 saturated heterocycles. The maximum absolute atomic E-state index is 12.6. The summed E-state index contributed by atoms with van der Waals surface area (Å²) in [6, 6.07) is 8.66. The average molecular weight is 436 g/mol. The first-order valence-electron chi connectivity index (χ1n) is 9.78. The largest absolute Gasteiger partial charge is 0.573 e. The molecule has 2 heterocycles. The summed E-state index contributed by atoms with van der Waals surface area (Å²) >= 11 is 0. The van der Waals surface area contributed by atoms with Crippen molar-refractivity contribution in [3.63, 3.8) is 0 Å². The lowest BCUT2D eigenvalue weighted by Gasteiger charge is -2.24. The van der Waals surface area contributed by atoms with Crippen LogP contribution in [0, 0.1) is 6.92 Å². The van der Waals surface area contributed by atoms with Gasteiger partial charge in [0.2, 0.25) is 11.9 Å². The van der Waals surface area contributed by atoms with Gasteiger partial charge in [-0.3, -0.25) is 14.7 Å². The number of ether oxygens (including phenoxy) is 1. The summed E-state index contributed by atoms with van der Waals surface area (Å²) in [5.74, 6) is -0.653. The number of pyridine rings is 1. The third-order valence-electron chi connectivity index (χ3n) is 5.03. The molecule has 0 atom stereocenters. The fourth-order valence-electron chi connectivity index (χ4n) is 3.14. The number of rotatable bonds is 7. The van der Waals surface area contributed by atoms with Crippen molar-refractivity contribution in [1.29, 1.82) is 0 Å². The summed E-state index contributed by atoms with van der Waals surface area (Å²) in [6.07, 6.45) is -4.09. The molecule has 0 radical (unpaired) electrons. The molecule has 166 valence electrons.